The summed E-state index contributed by atoms with van der Waals surface area (Å²) in [6.45, 7) is 0.483. The fourth-order valence-corrected chi connectivity index (χ4v) is 1.72. The Labute approximate surface area is 108 Å². The molecule has 0 aromatic heterocycles. The molecule has 1 aromatic rings. The highest BCUT2D eigenvalue weighted by molar-refractivity contribution is 9.10. The van der Waals surface area contributed by atoms with Crippen molar-refractivity contribution in [3.8, 4) is 0 Å². The largest absolute Gasteiger partial charge is 0.369 e. The van der Waals surface area contributed by atoms with Gasteiger partial charge in [-0.2, -0.15) is 0 Å². The molecule has 2 amide bonds. The Hall–Kier alpha value is -1.40. The Balaban J connectivity index is 2.67. The van der Waals surface area contributed by atoms with Crippen LogP contribution >= 0.6 is 15.9 Å². The predicted octanol–water partition coefficient (Wildman–Crippen LogP) is 0.222. The van der Waals surface area contributed by atoms with Crippen molar-refractivity contribution < 1.29 is 9.59 Å². The fraction of sp³-hybridized carbons (Fsp3) is 0.273. The molecule has 4 N–H and O–H groups in total. The maximum atomic E-state index is 10.9. The molecule has 0 unspecified atom stereocenters. The summed E-state index contributed by atoms with van der Waals surface area (Å²) in [6, 6.07) is 7.59. The Morgan fingerprint density at radius 1 is 1.06 bits per heavy atom. The Bertz CT molecular complexity index is 390. The molecule has 0 bridgehead atoms. The van der Waals surface area contributed by atoms with E-state index >= 15 is 0 Å². The number of halogens is 1. The number of rotatable bonds is 6. The van der Waals surface area contributed by atoms with E-state index in [0.717, 1.165) is 10.0 Å². The van der Waals surface area contributed by atoms with Crippen molar-refractivity contribution in [3.05, 3.63) is 34.3 Å². The number of primary amides is 2. The first-order chi connectivity index (χ1) is 7.97. The molecule has 5 nitrogen and oxygen atoms in total. The number of carbonyl (C=O) groups is 2. The molecule has 0 aliphatic heterocycles. The number of hydrogen-bond acceptors (Lipinski definition) is 3. The number of benzene rings is 1. The summed E-state index contributed by atoms with van der Waals surface area (Å²) in [5.74, 6) is -0.966. The van der Waals surface area contributed by atoms with Gasteiger partial charge in [-0.1, -0.05) is 28.1 Å². The van der Waals surface area contributed by atoms with E-state index in [1.807, 2.05) is 24.3 Å². The van der Waals surface area contributed by atoms with Gasteiger partial charge in [-0.3, -0.25) is 14.5 Å². The molecule has 0 spiro atoms. The summed E-state index contributed by atoms with van der Waals surface area (Å²) >= 11 is 3.33. The first-order valence-electron chi connectivity index (χ1n) is 5.01. The van der Waals surface area contributed by atoms with Crippen LogP contribution in [0.3, 0.4) is 0 Å². The molecule has 0 aliphatic rings. The minimum atomic E-state index is -0.483. The highest BCUT2D eigenvalue weighted by Crippen LogP contribution is 2.12. The Morgan fingerprint density at radius 3 is 1.94 bits per heavy atom. The van der Waals surface area contributed by atoms with E-state index in [2.05, 4.69) is 15.9 Å². The van der Waals surface area contributed by atoms with E-state index in [1.54, 1.807) is 4.90 Å². The SMILES string of the molecule is NC(=O)CN(CC(N)=O)Cc1ccc(Br)cc1. The minimum absolute atomic E-state index is 0.0129. The number of nitrogens with zero attached hydrogens (tertiary/aromatic N) is 1. The van der Waals surface area contributed by atoms with Crippen LogP contribution in [0, 0.1) is 0 Å². The summed E-state index contributed by atoms with van der Waals surface area (Å²) in [5.41, 5.74) is 11.2. The van der Waals surface area contributed by atoms with E-state index in [9.17, 15) is 9.59 Å². The summed E-state index contributed by atoms with van der Waals surface area (Å²) in [7, 11) is 0. The van der Waals surface area contributed by atoms with E-state index in [-0.39, 0.29) is 13.1 Å². The number of nitrogens with two attached hydrogens (primary N) is 2. The van der Waals surface area contributed by atoms with Gasteiger partial charge in [0.05, 0.1) is 13.1 Å². The highest BCUT2D eigenvalue weighted by Gasteiger charge is 2.11. The van der Waals surface area contributed by atoms with Crippen molar-refractivity contribution in [1.29, 1.82) is 0 Å². The zero-order valence-corrected chi connectivity index (χ0v) is 10.8. The molecule has 0 saturated heterocycles. The Morgan fingerprint density at radius 2 is 1.53 bits per heavy atom. The summed E-state index contributed by atoms with van der Waals surface area (Å²) in [4.78, 5) is 23.3. The van der Waals surface area contributed by atoms with Crippen LogP contribution in [0.15, 0.2) is 28.7 Å². The van der Waals surface area contributed by atoms with Crippen LogP contribution in [0.5, 0.6) is 0 Å². The zero-order chi connectivity index (χ0) is 12.8. The van der Waals surface area contributed by atoms with Crippen molar-refractivity contribution in [2.75, 3.05) is 13.1 Å². The van der Waals surface area contributed by atoms with Gasteiger partial charge in [0.1, 0.15) is 0 Å². The average Bonchev–Trinajstić information content (AvgIpc) is 2.19. The molecular formula is C11H14BrN3O2. The van der Waals surface area contributed by atoms with Crippen LogP contribution in [0.4, 0.5) is 0 Å². The second-order valence-electron chi connectivity index (χ2n) is 3.70. The maximum absolute atomic E-state index is 10.9. The first kappa shape index (κ1) is 13.7. The predicted molar refractivity (Wildman–Crippen MR) is 67.8 cm³/mol. The quantitative estimate of drug-likeness (QED) is 0.787. The van der Waals surface area contributed by atoms with E-state index in [1.165, 1.54) is 0 Å². The van der Waals surface area contributed by atoms with E-state index in [4.69, 9.17) is 11.5 Å². The molecular weight excluding hydrogens is 286 g/mol. The third-order valence-corrected chi connectivity index (χ3v) is 2.61. The fourth-order valence-electron chi connectivity index (χ4n) is 1.46. The summed E-state index contributed by atoms with van der Waals surface area (Å²) < 4.78 is 0.970. The van der Waals surface area contributed by atoms with Gasteiger partial charge in [-0.25, -0.2) is 0 Å². The molecule has 0 fully saturated rings. The van der Waals surface area contributed by atoms with Gasteiger partial charge in [0, 0.05) is 11.0 Å². The van der Waals surface area contributed by atoms with Crippen molar-refractivity contribution in [2.45, 2.75) is 6.54 Å². The Kier molecular flexibility index (Phi) is 5.11. The van der Waals surface area contributed by atoms with Crippen LogP contribution in [0.1, 0.15) is 5.56 Å². The zero-order valence-electron chi connectivity index (χ0n) is 9.23. The lowest BCUT2D eigenvalue weighted by Crippen LogP contribution is -2.39. The first-order valence-corrected chi connectivity index (χ1v) is 5.80. The average molecular weight is 300 g/mol. The molecule has 1 aromatic carbocycles. The maximum Gasteiger partial charge on any atom is 0.231 e. The molecule has 0 atom stereocenters. The summed E-state index contributed by atoms with van der Waals surface area (Å²) in [5, 5.41) is 0. The molecule has 0 aliphatic carbocycles. The van der Waals surface area contributed by atoms with Gasteiger partial charge in [-0.15, -0.1) is 0 Å². The lowest BCUT2D eigenvalue weighted by atomic mass is 10.2. The normalized spacial score (nSPS) is 10.5. The van der Waals surface area contributed by atoms with Gasteiger partial charge in [0.15, 0.2) is 0 Å². The van der Waals surface area contributed by atoms with Crippen molar-refractivity contribution >= 4 is 27.7 Å². The van der Waals surface area contributed by atoms with Crippen LogP contribution in [-0.2, 0) is 16.1 Å². The second-order valence-corrected chi connectivity index (χ2v) is 4.62. The number of carbonyl (C=O) groups excluding carboxylic acids is 2. The second kappa shape index (κ2) is 6.36. The monoisotopic (exact) mass is 299 g/mol. The standard InChI is InChI=1S/C11H14BrN3O2/c12-9-3-1-8(2-4-9)5-15(6-10(13)16)7-11(14)17/h1-4H,5-7H2,(H2,13,16)(H2,14,17). The smallest absolute Gasteiger partial charge is 0.231 e. The molecule has 1 rings (SSSR count). The molecule has 92 valence electrons. The number of hydrogen-bond donors (Lipinski definition) is 2. The van der Waals surface area contributed by atoms with Crippen molar-refractivity contribution in [2.24, 2.45) is 11.5 Å². The van der Waals surface area contributed by atoms with Crippen molar-refractivity contribution in [1.82, 2.24) is 4.90 Å². The molecule has 17 heavy (non-hydrogen) atoms. The van der Waals surface area contributed by atoms with Crippen LogP contribution in [0.25, 0.3) is 0 Å². The number of amides is 2. The third kappa shape index (κ3) is 5.46. The van der Waals surface area contributed by atoms with E-state index in [0.29, 0.717) is 6.54 Å². The summed E-state index contributed by atoms with van der Waals surface area (Å²) in [6.07, 6.45) is 0. The molecule has 0 radical (unpaired) electrons. The van der Waals surface area contributed by atoms with Gasteiger partial charge in [0.25, 0.3) is 0 Å². The highest BCUT2D eigenvalue weighted by atomic mass is 79.9. The van der Waals surface area contributed by atoms with Gasteiger partial charge in [0.2, 0.25) is 11.8 Å². The van der Waals surface area contributed by atoms with Gasteiger partial charge < -0.3 is 11.5 Å². The van der Waals surface area contributed by atoms with Crippen LogP contribution in [-0.4, -0.2) is 29.8 Å². The topological polar surface area (TPSA) is 89.4 Å². The van der Waals surface area contributed by atoms with Gasteiger partial charge >= 0.3 is 0 Å². The lowest BCUT2D eigenvalue weighted by molar-refractivity contribution is -0.122. The molecule has 0 saturated carbocycles. The third-order valence-electron chi connectivity index (χ3n) is 2.08. The van der Waals surface area contributed by atoms with Crippen LogP contribution in [0.2, 0.25) is 0 Å². The molecule has 6 heteroatoms. The molecule has 0 heterocycles. The lowest BCUT2D eigenvalue weighted by Gasteiger charge is -2.18. The van der Waals surface area contributed by atoms with Crippen LogP contribution < -0.4 is 11.5 Å². The van der Waals surface area contributed by atoms with Crippen molar-refractivity contribution in [3.63, 3.8) is 0 Å². The van der Waals surface area contributed by atoms with Gasteiger partial charge in [-0.05, 0) is 17.7 Å². The van der Waals surface area contributed by atoms with E-state index < -0.39 is 11.8 Å². The minimum Gasteiger partial charge on any atom is -0.369 e.